The number of ether oxygens (including phenoxy) is 1. The molecule has 0 spiro atoms. The summed E-state index contributed by atoms with van der Waals surface area (Å²) in [5.41, 5.74) is 2.38. The molecule has 3 heteroatoms. The van der Waals surface area contributed by atoms with Crippen LogP contribution in [0.25, 0.3) is 0 Å². The lowest BCUT2D eigenvalue weighted by Gasteiger charge is -2.41. The molecule has 1 aromatic rings. The summed E-state index contributed by atoms with van der Waals surface area (Å²) < 4.78 is 5.35. The third-order valence-electron chi connectivity index (χ3n) is 5.12. The molecule has 0 saturated carbocycles. The zero-order valence-electron chi connectivity index (χ0n) is 12.9. The van der Waals surface area contributed by atoms with Gasteiger partial charge < -0.3 is 4.74 Å². The normalized spacial score (nSPS) is 26.5. The van der Waals surface area contributed by atoms with E-state index in [1.54, 1.807) is 7.11 Å². The lowest BCUT2D eigenvalue weighted by molar-refractivity contribution is 0.126. The summed E-state index contributed by atoms with van der Waals surface area (Å²) in [4.78, 5) is 2.46. The first-order chi connectivity index (χ1) is 10.3. The van der Waals surface area contributed by atoms with Gasteiger partial charge in [0.15, 0.2) is 0 Å². The van der Waals surface area contributed by atoms with E-state index in [1.807, 2.05) is 6.07 Å². The first-order valence-electron chi connectivity index (χ1n) is 8.09. The van der Waals surface area contributed by atoms with Crippen LogP contribution in [0.1, 0.15) is 43.2 Å². The summed E-state index contributed by atoms with van der Waals surface area (Å²) in [5.74, 6) is 0.901. The smallest absolute Gasteiger partial charge is 0.119 e. The van der Waals surface area contributed by atoms with E-state index in [0.29, 0.717) is 0 Å². The van der Waals surface area contributed by atoms with Gasteiger partial charge in [-0.2, -0.15) is 5.26 Å². The molecule has 21 heavy (non-hydrogen) atoms. The maximum atomic E-state index is 9.91. The van der Waals surface area contributed by atoms with Crippen LogP contribution in [-0.4, -0.2) is 30.6 Å². The number of nitrogens with zero attached hydrogens (tertiary/aromatic N) is 2. The Morgan fingerprint density at radius 3 is 2.57 bits per heavy atom. The Morgan fingerprint density at radius 1 is 1.14 bits per heavy atom. The van der Waals surface area contributed by atoms with Gasteiger partial charge in [0.2, 0.25) is 0 Å². The minimum atomic E-state index is -0.302. The van der Waals surface area contributed by atoms with Crippen molar-refractivity contribution in [2.45, 2.75) is 50.5 Å². The highest BCUT2D eigenvalue weighted by atomic mass is 16.5. The fraction of sp³-hybridized carbons (Fsp3) is 0.611. The zero-order chi connectivity index (χ0) is 14.7. The van der Waals surface area contributed by atoms with E-state index < -0.39 is 0 Å². The van der Waals surface area contributed by atoms with Gasteiger partial charge in [-0.15, -0.1) is 0 Å². The third kappa shape index (κ3) is 2.78. The van der Waals surface area contributed by atoms with E-state index in [9.17, 15) is 5.26 Å². The molecule has 3 nitrogen and oxygen atoms in total. The topological polar surface area (TPSA) is 36.3 Å². The van der Waals surface area contributed by atoms with Gasteiger partial charge in [0, 0.05) is 6.42 Å². The number of benzene rings is 1. The van der Waals surface area contributed by atoms with Crippen molar-refractivity contribution in [2.75, 3.05) is 20.2 Å². The van der Waals surface area contributed by atoms with Crippen molar-refractivity contribution in [2.24, 2.45) is 0 Å². The Bertz CT molecular complexity index is 541. The van der Waals surface area contributed by atoms with Crippen LogP contribution in [-0.2, 0) is 12.8 Å². The van der Waals surface area contributed by atoms with Crippen LogP contribution >= 0.6 is 0 Å². The average molecular weight is 284 g/mol. The molecule has 1 aliphatic carbocycles. The zero-order valence-corrected chi connectivity index (χ0v) is 12.9. The second-order valence-corrected chi connectivity index (χ2v) is 6.36. The van der Waals surface area contributed by atoms with Crippen LogP contribution in [0.3, 0.4) is 0 Å². The van der Waals surface area contributed by atoms with Gasteiger partial charge in [-0.1, -0.05) is 18.9 Å². The van der Waals surface area contributed by atoms with Gasteiger partial charge in [-0.25, -0.2) is 0 Å². The van der Waals surface area contributed by atoms with Gasteiger partial charge in [0.1, 0.15) is 11.3 Å². The predicted molar refractivity (Wildman–Crippen MR) is 83.4 cm³/mol. The number of likely N-dealkylation sites (tertiary alicyclic amines) is 1. The molecule has 1 saturated heterocycles. The van der Waals surface area contributed by atoms with Crippen molar-refractivity contribution in [1.29, 1.82) is 5.26 Å². The van der Waals surface area contributed by atoms with Gasteiger partial charge in [0.05, 0.1) is 13.2 Å². The standard InChI is InChI=1S/C18H24N2O/c1-21-17-7-6-15-8-9-18(14-19,13-16(15)12-17)20-10-4-2-3-5-11-20/h6-7,12H,2-5,8-11,13H2,1H3. The van der Waals surface area contributed by atoms with Crippen molar-refractivity contribution in [1.82, 2.24) is 4.90 Å². The van der Waals surface area contributed by atoms with Gasteiger partial charge in [0.25, 0.3) is 0 Å². The fourth-order valence-corrected chi connectivity index (χ4v) is 3.82. The first kappa shape index (κ1) is 14.4. The van der Waals surface area contributed by atoms with Crippen molar-refractivity contribution in [3.05, 3.63) is 29.3 Å². The van der Waals surface area contributed by atoms with Crippen LogP contribution in [0.5, 0.6) is 5.75 Å². The maximum Gasteiger partial charge on any atom is 0.119 e. The van der Waals surface area contributed by atoms with Crippen molar-refractivity contribution >= 4 is 0 Å². The molecule has 1 fully saturated rings. The number of aryl methyl sites for hydroxylation is 1. The van der Waals surface area contributed by atoms with Crippen molar-refractivity contribution < 1.29 is 4.74 Å². The van der Waals surface area contributed by atoms with E-state index in [4.69, 9.17) is 4.74 Å². The molecular weight excluding hydrogens is 260 g/mol. The Balaban J connectivity index is 1.88. The van der Waals surface area contributed by atoms with E-state index in [-0.39, 0.29) is 5.54 Å². The Kier molecular flexibility index (Phi) is 4.17. The van der Waals surface area contributed by atoms with Crippen LogP contribution < -0.4 is 4.74 Å². The van der Waals surface area contributed by atoms with Gasteiger partial charge >= 0.3 is 0 Å². The Labute approximate surface area is 127 Å². The summed E-state index contributed by atoms with van der Waals surface area (Å²) in [5, 5.41) is 9.91. The quantitative estimate of drug-likeness (QED) is 0.836. The molecule has 0 aromatic heterocycles. The van der Waals surface area contributed by atoms with Crippen LogP contribution in [0.2, 0.25) is 0 Å². The monoisotopic (exact) mass is 284 g/mol. The van der Waals surface area contributed by atoms with E-state index in [1.165, 1.54) is 36.8 Å². The number of hydrogen-bond acceptors (Lipinski definition) is 3. The molecule has 0 amide bonds. The van der Waals surface area contributed by atoms with Crippen molar-refractivity contribution in [3.8, 4) is 11.8 Å². The number of methoxy groups -OCH3 is 1. The number of nitriles is 1. The molecule has 1 unspecified atom stereocenters. The average Bonchev–Trinajstić information content (AvgIpc) is 2.83. The summed E-state index contributed by atoms with van der Waals surface area (Å²) in [6.45, 7) is 2.15. The molecule has 1 heterocycles. The molecule has 0 N–H and O–H groups in total. The minimum Gasteiger partial charge on any atom is -0.497 e. The van der Waals surface area contributed by atoms with Crippen LogP contribution in [0.15, 0.2) is 18.2 Å². The molecule has 1 atom stereocenters. The summed E-state index contributed by atoms with van der Waals surface area (Å²) in [6, 6.07) is 9.00. The minimum absolute atomic E-state index is 0.302. The molecule has 3 rings (SSSR count). The molecule has 1 aliphatic heterocycles. The second kappa shape index (κ2) is 6.07. The maximum absolute atomic E-state index is 9.91. The first-order valence-corrected chi connectivity index (χ1v) is 8.09. The molecule has 0 radical (unpaired) electrons. The summed E-state index contributed by atoms with van der Waals surface area (Å²) >= 11 is 0. The highest BCUT2D eigenvalue weighted by Crippen LogP contribution is 2.35. The largest absolute Gasteiger partial charge is 0.497 e. The SMILES string of the molecule is COc1ccc2c(c1)CC(C#N)(N1CCCCCC1)CC2. The van der Waals surface area contributed by atoms with E-state index in [2.05, 4.69) is 23.1 Å². The highest BCUT2D eigenvalue weighted by molar-refractivity contribution is 5.40. The van der Waals surface area contributed by atoms with E-state index in [0.717, 1.165) is 38.1 Å². The second-order valence-electron chi connectivity index (χ2n) is 6.36. The molecular formula is C18H24N2O. The van der Waals surface area contributed by atoms with E-state index >= 15 is 0 Å². The third-order valence-corrected chi connectivity index (χ3v) is 5.12. The van der Waals surface area contributed by atoms with Crippen LogP contribution in [0.4, 0.5) is 0 Å². The number of fused-ring (bicyclic) bond motifs is 1. The Morgan fingerprint density at radius 2 is 1.90 bits per heavy atom. The number of rotatable bonds is 2. The number of hydrogen-bond donors (Lipinski definition) is 0. The summed E-state index contributed by atoms with van der Waals surface area (Å²) in [6.07, 6.45) is 7.88. The molecule has 1 aromatic carbocycles. The van der Waals surface area contributed by atoms with Crippen molar-refractivity contribution in [3.63, 3.8) is 0 Å². The highest BCUT2D eigenvalue weighted by Gasteiger charge is 2.40. The van der Waals surface area contributed by atoms with Crippen LogP contribution in [0, 0.1) is 11.3 Å². The summed E-state index contributed by atoms with van der Waals surface area (Å²) in [7, 11) is 1.71. The molecule has 112 valence electrons. The Hall–Kier alpha value is -1.53. The van der Waals surface area contributed by atoms with Gasteiger partial charge in [-0.3, -0.25) is 4.90 Å². The lowest BCUT2D eigenvalue weighted by atomic mass is 9.77. The molecule has 2 aliphatic rings. The predicted octanol–water partition coefficient (Wildman–Crippen LogP) is 3.32. The van der Waals surface area contributed by atoms with Gasteiger partial charge in [-0.05, 0) is 62.0 Å². The fourth-order valence-electron chi connectivity index (χ4n) is 3.82. The lowest BCUT2D eigenvalue weighted by Crippen LogP contribution is -2.51. The molecule has 0 bridgehead atoms.